The lowest BCUT2D eigenvalue weighted by molar-refractivity contribution is 0.284. The number of hydrogen-bond donors (Lipinski definition) is 2. The lowest BCUT2D eigenvalue weighted by Gasteiger charge is -2.13. The molecule has 0 spiro atoms. The monoisotopic (exact) mass is 406 g/mol. The lowest BCUT2D eigenvalue weighted by Crippen LogP contribution is -1.95. The molecule has 0 fully saturated rings. The highest BCUT2D eigenvalue weighted by molar-refractivity contribution is 7.46. The second-order valence-electron chi connectivity index (χ2n) is 5.73. The summed E-state index contributed by atoms with van der Waals surface area (Å²) in [7, 11) is -0.125. The summed E-state index contributed by atoms with van der Waals surface area (Å²) in [5.41, 5.74) is 1.83. The van der Waals surface area contributed by atoms with Crippen LogP contribution in [-0.2, 0) is 4.57 Å². The summed E-state index contributed by atoms with van der Waals surface area (Å²) >= 11 is 0. The van der Waals surface area contributed by atoms with Crippen LogP contribution in [-0.4, -0.2) is 31.1 Å². The second-order valence-corrected chi connectivity index (χ2v) is 6.89. The standard InChI is InChI=1S/C19H19O8P/c1-23-17-10-13(11-18(24-2)19(17)25-3)5-4-12-8-15-14(6-7-26-15)16(9-12)27-28(20,21)22/h4-11H,1-3H3,(H2,20,21,22). The van der Waals surface area contributed by atoms with Gasteiger partial charge in [-0.15, -0.1) is 0 Å². The molecular weight excluding hydrogens is 387 g/mol. The number of phosphoric acid groups is 1. The normalized spacial score (nSPS) is 11.8. The first-order chi connectivity index (χ1) is 13.3. The Kier molecular flexibility index (Phi) is 5.65. The summed E-state index contributed by atoms with van der Waals surface area (Å²) in [6.07, 6.45) is 4.95. The van der Waals surface area contributed by atoms with Gasteiger partial charge < -0.3 is 23.2 Å². The van der Waals surface area contributed by atoms with Crippen LogP contribution in [0.15, 0.2) is 41.0 Å². The Hall–Kier alpha value is -2.93. The molecule has 2 aromatic carbocycles. The summed E-state index contributed by atoms with van der Waals surface area (Å²) < 4.78 is 37.3. The van der Waals surface area contributed by atoms with Crippen molar-refractivity contribution in [1.29, 1.82) is 0 Å². The van der Waals surface area contributed by atoms with Gasteiger partial charge in [0.1, 0.15) is 11.3 Å². The summed E-state index contributed by atoms with van der Waals surface area (Å²) in [6, 6.07) is 8.38. The predicted octanol–water partition coefficient (Wildman–Crippen LogP) is 4.10. The first-order valence-corrected chi connectivity index (χ1v) is 9.62. The van der Waals surface area contributed by atoms with Crippen LogP contribution in [0.2, 0.25) is 0 Å². The van der Waals surface area contributed by atoms with Crippen molar-refractivity contribution in [2.45, 2.75) is 0 Å². The maximum absolute atomic E-state index is 11.2. The van der Waals surface area contributed by atoms with E-state index in [-0.39, 0.29) is 5.75 Å². The SMILES string of the molecule is COc1cc(C=Cc2cc(OP(=O)(O)O)c3ccoc3c2)cc(OC)c1OC. The fourth-order valence-electron chi connectivity index (χ4n) is 2.75. The van der Waals surface area contributed by atoms with Crippen molar-refractivity contribution >= 4 is 30.9 Å². The number of phosphoric ester groups is 1. The van der Waals surface area contributed by atoms with Gasteiger partial charge in [0, 0.05) is 0 Å². The Morgan fingerprint density at radius 1 is 0.893 bits per heavy atom. The maximum Gasteiger partial charge on any atom is 0.524 e. The van der Waals surface area contributed by atoms with Crippen LogP contribution in [0.5, 0.6) is 23.0 Å². The minimum absolute atomic E-state index is 0.0316. The molecule has 1 heterocycles. The highest BCUT2D eigenvalue weighted by Gasteiger charge is 2.19. The van der Waals surface area contributed by atoms with E-state index in [0.717, 1.165) is 5.56 Å². The third kappa shape index (κ3) is 4.31. The molecule has 0 atom stereocenters. The van der Waals surface area contributed by atoms with Gasteiger partial charge in [0.25, 0.3) is 0 Å². The number of furan rings is 1. The van der Waals surface area contributed by atoms with Crippen molar-refractivity contribution in [3.63, 3.8) is 0 Å². The van der Waals surface area contributed by atoms with Crippen LogP contribution < -0.4 is 18.7 Å². The van der Waals surface area contributed by atoms with Crippen molar-refractivity contribution in [3.05, 3.63) is 47.7 Å². The van der Waals surface area contributed by atoms with E-state index in [1.54, 1.807) is 36.4 Å². The zero-order chi connectivity index (χ0) is 20.3. The van der Waals surface area contributed by atoms with Crippen LogP contribution >= 0.6 is 7.82 Å². The molecule has 0 saturated heterocycles. The Balaban J connectivity index is 2.00. The first-order valence-electron chi connectivity index (χ1n) is 8.09. The molecule has 0 aliphatic carbocycles. The van der Waals surface area contributed by atoms with E-state index in [0.29, 0.717) is 33.8 Å². The zero-order valence-electron chi connectivity index (χ0n) is 15.4. The first kappa shape index (κ1) is 19.8. The van der Waals surface area contributed by atoms with Gasteiger partial charge in [0.15, 0.2) is 11.5 Å². The average Bonchev–Trinajstić information content (AvgIpc) is 3.13. The maximum atomic E-state index is 11.2. The van der Waals surface area contributed by atoms with E-state index in [1.165, 1.54) is 33.7 Å². The lowest BCUT2D eigenvalue weighted by atomic mass is 10.1. The van der Waals surface area contributed by atoms with Gasteiger partial charge in [-0.1, -0.05) is 12.2 Å². The second kappa shape index (κ2) is 7.98. The molecule has 0 aliphatic rings. The van der Waals surface area contributed by atoms with E-state index in [2.05, 4.69) is 0 Å². The molecule has 0 unspecified atom stereocenters. The fourth-order valence-corrected chi connectivity index (χ4v) is 3.16. The van der Waals surface area contributed by atoms with Gasteiger partial charge in [-0.25, -0.2) is 4.57 Å². The van der Waals surface area contributed by atoms with E-state index in [9.17, 15) is 4.57 Å². The number of benzene rings is 2. The summed E-state index contributed by atoms with van der Waals surface area (Å²) in [5, 5.41) is 0.466. The summed E-state index contributed by atoms with van der Waals surface area (Å²) in [5.74, 6) is 1.53. The molecule has 148 valence electrons. The molecule has 28 heavy (non-hydrogen) atoms. The van der Waals surface area contributed by atoms with Gasteiger partial charge in [-0.05, 0) is 41.5 Å². The predicted molar refractivity (Wildman–Crippen MR) is 104 cm³/mol. The van der Waals surface area contributed by atoms with E-state index in [4.69, 9.17) is 32.9 Å². The number of hydrogen-bond acceptors (Lipinski definition) is 6. The van der Waals surface area contributed by atoms with Crippen LogP contribution in [0.3, 0.4) is 0 Å². The Morgan fingerprint density at radius 3 is 2.00 bits per heavy atom. The van der Waals surface area contributed by atoms with E-state index < -0.39 is 7.82 Å². The van der Waals surface area contributed by atoms with Crippen LogP contribution in [0, 0.1) is 0 Å². The largest absolute Gasteiger partial charge is 0.524 e. The molecule has 0 radical (unpaired) electrons. The Labute approximate surface area is 161 Å². The van der Waals surface area contributed by atoms with Gasteiger partial charge in [0.05, 0.1) is 33.0 Å². The smallest absolute Gasteiger partial charge is 0.493 e. The van der Waals surface area contributed by atoms with E-state index in [1.807, 2.05) is 0 Å². The van der Waals surface area contributed by atoms with Gasteiger partial charge >= 0.3 is 7.82 Å². The third-order valence-electron chi connectivity index (χ3n) is 3.93. The molecular formula is C19H19O8P. The highest BCUT2D eigenvalue weighted by atomic mass is 31.2. The zero-order valence-corrected chi connectivity index (χ0v) is 16.3. The van der Waals surface area contributed by atoms with Crippen LogP contribution in [0.1, 0.15) is 11.1 Å². The quantitative estimate of drug-likeness (QED) is 0.446. The molecule has 0 aliphatic heterocycles. The highest BCUT2D eigenvalue weighted by Crippen LogP contribution is 2.42. The van der Waals surface area contributed by atoms with E-state index >= 15 is 0 Å². The summed E-state index contributed by atoms with van der Waals surface area (Å²) in [6.45, 7) is 0. The van der Waals surface area contributed by atoms with Gasteiger partial charge in [-0.2, -0.15) is 0 Å². The minimum Gasteiger partial charge on any atom is -0.493 e. The molecule has 3 rings (SSSR count). The molecule has 0 bridgehead atoms. The minimum atomic E-state index is -4.71. The van der Waals surface area contributed by atoms with Crippen molar-refractivity contribution in [2.75, 3.05) is 21.3 Å². The topological polar surface area (TPSA) is 108 Å². The number of fused-ring (bicyclic) bond motifs is 1. The molecule has 0 saturated carbocycles. The molecule has 3 aromatic rings. The Morgan fingerprint density at radius 2 is 1.46 bits per heavy atom. The molecule has 2 N–H and O–H groups in total. The molecule has 9 heteroatoms. The number of methoxy groups -OCH3 is 3. The van der Waals surface area contributed by atoms with Crippen molar-refractivity contribution < 1.29 is 37.5 Å². The van der Waals surface area contributed by atoms with Gasteiger partial charge in [-0.3, -0.25) is 9.79 Å². The van der Waals surface area contributed by atoms with Crippen LogP contribution in [0.4, 0.5) is 0 Å². The fraction of sp³-hybridized carbons (Fsp3) is 0.158. The third-order valence-corrected chi connectivity index (χ3v) is 4.36. The number of ether oxygens (including phenoxy) is 3. The summed E-state index contributed by atoms with van der Waals surface area (Å²) in [4.78, 5) is 18.3. The number of rotatable bonds is 7. The van der Waals surface area contributed by atoms with Crippen molar-refractivity contribution in [3.8, 4) is 23.0 Å². The molecule has 0 amide bonds. The van der Waals surface area contributed by atoms with Gasteiger partial charge in [0.2, 0.25) is 5.75 Å². The van der Waals surface area contributed by atoms with Crippen molar-refractivity contribution in [1.82, 2.24) is 0 Å². The average molecular weight is 406 g/mol. The molecule has 8 nitrogen and oxygen atoms in total. The molecule has 1 aromatic heterocycles. The van der Waals surface area contributed by atoms with Crippen LogP contribution in [0.25, 0.3) is 23.1 Å². The van der Waals surface area contributed by atoms with Crippen molar-refractivity contribution in [2.24, 2.45) is 0 Å². The Bertz CT molecular complexity index is 1040.